The summed E-state index contributed by atoms with van der Waals surface area (Å²) in [7, 11) is 3.25. The molecule has 0 saturated heterocycles. The summed E-state index contributed by atoms with van der Waals surface area (Å²) in [6, 6.07) is 12.3. The second-order valence-corrected chi connectivity index (χ2v) is 12.7. The van der Waals surface area contributed by atoms with Crippen LogP contribution in [0.2, 0.25) is 0 Å². The molecule has 0 aliphatic heterocycles. The van der Waals surface area contributed by atoms with E-state index in [0.29, 0.717) is 50.0 Å². The first-order valence-corrected chi connectivity index (χ1v) is 16.2. The van der Waals surface area contributed by atoms with E-state index in [9.17, 15) is 9.59 Å². The minimum Gasteiger partial charge on any atom is -0.495 e. The molecule has 0 bridgehead atoms. The number of hydrogen-bond donors (Lipinski definition) is 1. The standard InChI is InChI=1S/C35H44N4O5/c1-22-32(42-3)18-17-30(37-22)24-9-7-23(8-10-24)20-39(34(40)26-13-15-29(16-14-26)44-35(41)36-2)28-6-4-5-27(19-28)31-21-43-33(38-31)25-11-12-25/h4-6,17-19,21,23-26,29H,7-16,20H2,1-3H3,(H,36,41)/t23-,24-,26-,29-. The summed E-state index contributed by atoms with van der Waals surface area (Å²) in [5.74, 6) is 2.97. The third-order valence-electron chi connectivity index (χ3n) is 9.65. The molecule has 0 radical (unpaired) electrons. The van der Waals surface area contributed by atoms with Gasteiger partial charge < -0.3 is 24.1 Å². The van der Waals surface area contributed by atoms with Crippen LogP contribution in [0, 0.1) is 18.8 Å². The van der Waals surface area contributed by atoms with E-state index >= 15 is 0 Å². The summed E-state index contributed by atoms with van der Waals surface area (Å²) in [5.41, 5.74) is 4.74. The van der Waals surface area contributed by atoms with Crippen molar-refractivity contribution in [3.8, 4) is 17.0 Å². The molecule has 9 heteroatoms. The first kappa shape index (κ1) is 30.2. The van der Waals surface area contributed by atoms with Crippen LogP contribution in [-0.2, 0) is 9.53 Å². The van der Waals surface area contributed by atoms with E-state index in [4.69, 9.17) is 23.9 Å². The molecule has 3 fully saturated rings. The molecular weight excluding hydrogens is 556 g/mol. The lowest BCUT2D eigenvalue weighted by molar-refractivity contribution is -0.124. The van der Waals surface area contributed by atoms with Crippen LogP contribution in [0.3, 0.4) is 0 Å². The summed E-state index contributed by atoms with van der Waals surface area (Å²) in [5, 5.41) is 2.52. The Morgan fingerprint density at radius 2 is 1.70 bits per heavy atom. The number of benzene rings is 1. The molecule has 2 heterocycles. The molecule has 44 heavy (non-hydrogen) atoms. The lowest BCUT2D eigenvalue weighted by Crippen LogP contribution is -2.42. The molecular formula is C35H44N4O5. The molecule has 3 aliphatic carbocycles. The van der Waals surface area contributed by atoms with E-state index in [1.807, 2.05) is 36.1 Å². The van der Waals surface area contributed by atoms with Gasteiger partial charge in [-0.25, -0.2) is 9.78 Å². The molecule has 2 aromatic heterocycles. The van der Waals surface area contributed by atoms with Crippen molar-refractivity contribution in [3.05, 3.63) is 59.9 Å². The SMILES string of the molecule is CNC(=O)O[C@H]1CC[C@H](C(=O)N(C[C@H]2CC[C@H](c3ccc(OC)c(C)n3)CC2)c2cccc(-c3coc(C4CC4)n3)c2)CC1. The summed E-state index contributed by atoms with van der Waals surface area (Å²) in [6.45, 7) is 2.68. The van der Waals surface area contributed by atoms with Gasteiger partial charge in [0.15, 0.2) is 5.89 Å². The molecule has 3 saturated carbocycles. The second kappa shape index (κ2) is 13.4. The number of pyridine rings is 1. The van der Waals surface area contributed by atoms with E-state index in [0.717, 1.165) is 78.5 Å². The molecule has 1 aromatic carbocycles. The van der Waals surface area contributed by atoms with Crippen LogP contribution in [-0.4, -0.2) is 48.8 Å². The molecule has 3 aromatic rings. The van der Waals surface area contributed by atoms with Crippen molar-refractivity contribution in [1.29, 1.82) is 0 Å². The third kappa shape index (κ3) is 6.92. The van der Waals surface area contributed by atoms with Crippen LogP contribution in [0.5, 0.6) is 5.75 Å². The van der Waals surface area contributed by atoms with Crippen molar-refractivity contribution in [2.75, 3.05) is 25.6 Å². The summed E-state index contributed by atoms with van der Waals surface area (Å²) in [4.78, 5) is 37.6. The van der Waals surface area contributed by atoms with E-state index in [-0.39, 0.29) is 17.9 Å². The van der Waals surface area contributed by atoms with E-state index in [1.165, 1.54) is 0 Å². The Morgan fingerprint density at radius 1 is 0.955 bits per heavy atom. The zero-order valence-electron chi connectivity index (χ0n) is 26.1. The first-order chi connectivity index (χ1) is 21.4. The van der Waals surface area contributed by atoms with Gasteiger partial charge in [0.2, 0.25) is 5.91 Å². The third-order valence-corrected chi connectivity index (χ3v) is 9.65. The molecule has 1 N–H and O–H groups in total. The van der Waals surface area contributed by atoms with Crippen LogP contribution in [0.25, 0.3) is 11.3 Å². The number of amides is 2. The lowest BCUT2D eigenvalue weighted by Gasteiger charge is -2.36. The Hall–Kier alpha value is -3.88. The predicted molar refractivity (Wildman–Crippen MR) is 168 cm³/mol. The minimum absolute atomic E-state index is 0.0977. The van der Waals surface area contributed by atoms with E-state index < -0.39 is 6.09 Å². The predicted octanol–water partition coefficient (Wildman–Crippen LogP) is 7.15. The largest absolute Gasteiger partial charge is 0.495 e. The number of hydrogen-bond acceptors (Lipinski definition) is 7. The zero-order chi connectivity index (χ0) is 30.6. The monoisotopic (exact) mass is 600 g/mol. The zero-order valence-corrected chi connectivity index (χ0v) is 26.1. The first-order valence-electron chi connectivity index (χ1n) is 16.2. The van der Waals surface area contributed by atoms with Gasteiger partial charge in [0.1, 0.15) is 23.8 Å². The van der Waals surface area contributed by atoms with Gasteiger partial charge in [-0.15, -0.1) is 0 Å². The summed E-state index contributed by atoms with van der Waals surface area (Å²) in [6.07, 6.45) is 10.4. The van der Waals surface area contributed by atoms with Gasteiger partial charge in [-0.3, -0.25) is 9.78 Å². The highest BCUT2D eigenvalue weighted by Crippen LogP contribution is 2.41. The number of carbonyl (C=O) groups excluding carboxylic acids is 2. The maximum absolute atomic E-state index is 14.2. The number of nitrogens with zero attached hydrogens (tertiary/aromatic N) is 3. The highest BCUT2D eigenvalue weighted by atomic mass is 16.6. The number of anilines is 1. The number of aryl methyl sites for hydroxylation is 1. The van der Waals surface area contributed by atoms with Crippen LogP contribution < -0.4 is 15.0 Å². The van der Waals surface area contributed by atoms with Gasteiger partial charge in [-0.2, -0.15) is 0 Å². The number of oxazole rings is 1. The number of methoxy groups -OCH3 is 1. The van der Waals surface area contributed by atoms with Crippen LogP contribution in [0.15, 0.2) is 47.1 Å². The molecule has 0 atom stereocenters. The maximum atomic E-state index is 14.2. The molecule has 9 nitrogen and oxygen atoms in total. The smallest absolute Gasteiger partial charge is 0.407 e. The average Bonchev–Trinajstić information content (AvgIpc) is 3.79. The van der Waals surface area contributed by atoms with Crippen molar-refractivity contribution in [2.45, 2.75) is 89.1 Å². The van der Waals surface area contributed by atoms with Crippen molar-refractivity contribution in [2.24, 2.45) is 11.8 Å². The highest BCUT2D eigenvalue weighted by molar-refractivity contribution is 5.95. The van der Waals surface area contributed by atoms with Gasteiger partial charge in [-0.05, 0) is 101 Å². The Bertz CT molecular complexity index is 1450. The fraction of sp³-hybridized carbons (Fsp3) is 0.543. The fourth-order valence-electron chi connectivity index (χ4n) is 6.86. The van der Waals surface area contributed by atoms with Gasteiger partial charge in [-0.1, -0.05) is 12.1 Å². The van der Waals surface area contributed by atoms with Crippen molar-refractivity contribution < 1.29 is 23.5 Å². The molecule has 0 unspecified atom stereocenters. The van der Waals surface area contributed by atoms with Gasteiger partial charge >= 0.3 is 6.09 Å². The minimum atomic E-state index is -0.411. The molecule has 3 aliphatic rings. The Balaban J connectivity index is 1.17. The van der Waals surface area contributed by atoms with Crippen LogP contribution >= 0.6 is 0 Å². The number of nitrogens with one attached hydrogen (secondary N) is 1. The summed E-state index contributed by atoms with van der Waals surface area (Å²) < 4.78 is 16.7. The second-order valence-electron chi connectivity index (χ2n) is 12.7. The normalized spacial score (nSPS) is 23.5. The molecule has 6 rings (SSSR count). The number of aromatic nitrogens is 2. The highest BCUT2D eigenvalue weighted by Gasteiger charge is 2.34. The number of rotatable bonds is 9. The molecule has 2 amide bonds. The van der Waals surface area contributed by atoms with Crippen molar-refractivity contribution >= 4 is 17.7 Å². The topological polar surface area (TPSA) is 107 Å². The Morgan fingerprint density at radius 3 is 2.39 bits per heavy atom. The fourth-order valence-corrected chi connectivity index (χ4v) is 6.86. The number of carbonyl (C=O) groups is 2. The van der Waals surface area contributed by atoms with Crippen LogP contribution in [0.4, 0.5) is 10.5 Å². The van der Waals surface area contributed by atoms with Gasteiger partial charge in [0.05, 0.1) is 12.8 Å². The van der Waals surface area contributed by atoms with Gasteiger partial charge in [0, 0.05) is 48.3 Å². The van der Waals surface area contributed by atoms with E-state index in [2.05, 4.69) is 17.4 Å². The van der Waals surface area contributed by atoms with Crippen LogP contribution in [0.1, 0.15) is 93.3 Å². The average molecular weight is 601 g/mol. The molecule has 0 spiro atoms. The molecule has 234 valence electrons. The Kier molecular flexibility index (Phi) is 9.19. The number of ether oxygens (including phenoxy) is 2. The van der Waals surface area contributed by atoms with Crippen molar-refractivity contribution in [1.82, 2.24) is 15.3 Å². The summed E-state index contributed by atoms with van der Waals surface area (Å²) >= 11 is 0. The lowest BCUT2D eigenvalue weighted by atomic mass is 9.79. The quantitative estimate of drug-likeness (QED) is 0.278. The maximum Gasteiger partial charge on any atom is 0.407 e. The number of alkyl carbamates (subject to hydrolysis) is 1. The Labute approximate surface area is 259 Å². The van der Waals surface area contributed by atoms with Crippen molar-refractivity contribution in [3.63, 3.8) is 0 Å². The van der Waals surface area contributed by atoms with Gasteiger partial charge in [0.25, 0.3) is 0 Å². The van der Waals surface area contributed by atoms with E-state index in [1.54, 1.807) is 20.4 Å².